The van der Waals surface area contributed by atoms with Crippen LogP contribution in [0.15, 0.2) is 36.7 Å². The number of carbonyl (C=O) groups is 1. The maximum Gasteiger partial charge on any atom is 0.255 e. The molecule has 27 heavy (non-hydrogen) atoms. The molecule has 1 aromatic carbocycles. The van der Waals surface area contributed by atoms with Gasteiger partial charge in [0.1, 0.15) is 0 Å². The summed E-state index contributed by atoms with van der Waals surface area (Å²) in [6, 6.07) is 7.65. The Balaban J connectivity index is 1.74. The number of hydrogen-bond donors (Lipinski definition) is 1. The summed E-state index contributed by atoms with van der Waals surface area (Å²) >= 11 is 0. The molecule has 0 radical (unpaired) electrons. The van der Waals surface area contributed by atoms with Crippen LogP contribution in [0.5, 0.6) is 0 Å². The largest absolute Gasteiger partial charge is 0.319 e. The third-order valence-electron chi connectivity index (χ3n) is 4.75. The first kappa shape index (κ1) is 18.8. The lowest BCUT2D eigenvalue weighted by atomic mass is 9.87. The normalized spacial score (nSPS) is 11.5. The van der Waals surface area contributed by atoms with Gasteiger partial charge in [-0.1, -0.05) is 32.9 Å². The lowest BCUT2D eigenvalue weighted by Gasteiger charge is -2.19. The van der Waals surface area contributed by atoms with Crippen molar-refractivity contribution in [2.75, 3.05) is 5.32 Å². The minimum Gasteiger partial charge on any atom is -0.319 e. The molecule has 2 heterocycles. The zero-order chi connectivity index (χ0) is 19.8. The highest BCUT2D eigenvalue weighted by Gasteiger charge is 2.15. The van der Waals surface area contributed by atoms with Crippen LogP contribution in [0.4, 0.5) is 5.69 Å². The van der Waals surface area contributed by atoms with Gasteiger partial charge in [-0.15, -0.1) is 0 Å². The molecule has 0 atom stereocenters. The van der Waals surface area contributed by atoms with E-state index in [1.807, 2.05) is 45.0 Å². The van der Waals surface area contributed by atoms with Crippen molar-refractivity contribution in [3.63, 3.8) is 0 Å². The molecule has 1 amide bonds. The Bertz CT molecular complexity index is 964. The van der Waals surface area contributed by atoms with E-state index in [0.29, 0.717) is 17.2 Å². The van der Waals surface area contributed by atoms with E-state index in [1.165, 1.54) is 5.56 Å². The summed E-state index contributed by atoms with van der Waals surface area (Å²) in [5.41, 5.74) is 5.46. The highest BCUT2D eigenvalue weighted by Crippen LogP contribution is 2.22. The van der Waals surface area contributed by atoms with Gasteiger partial charge in [-0.2, -0.15) is 5.10 Å². The molecule has 6 heteroatoms. The zero-order valence-corrected chi connectivity index (χ0v) is 16.7. The van der Waals surface area contributed by atoms with E-state index in [0.717, 1.165) is 17.0 Å². The Morgan fingerprint density at radius 2 is 1.59 bits per heavy atom. The van der Waals surface area contributed by atoms with Crippen LogP contribution in [-0.2, 0) is 5.41 Å². The Morgan fingerprint density at radius 1 is 1.00 bits per heavy atom. The molecule has 0 fully saturated rings. The molecule has 2 aromatic heterocycles. The predicted octanol–water partition coefficient (Wildman–Crippen LogP) is 4.14. The van der Waals surface area contributed by atoms with Gasteiger partial charge >= 0.3 is 0 Å². The summed E-state index contributed by atoms with van der Waals surface area (Å²) in [6.07, 6.45) is 3.19. The van der Waals surface area contributed by atoms with E-state index in [2.05, 4.69) is 41.2 Å². The van der Waals surface area contributed by atoms with Crippen LogP contribution in [0.25, 0.3) is 5.95 Å². The van der Waals surface area contributed by atoms with Crippen molar-refractivity contribution < 1.29 is 4.79 Å². The first-order valence-corrected chi connectivity index (χ1v) is 8.94. The number of aromatic nitrogens is 4. The van der Waals surface area contributed by atoms with Gasteiger partial charge in [0.25, 0.3) is 11.9 Å². The van der Waals surface area contributed by atoms with Crippen LogP contribution in [0.3, 0.4) is 0 Å². The molecular formula is C21H25N5O. The lowest BCUT2D eigenvalue weighted by molar-refractivity contribution is 0.102. The van der Waals surface area contributed by atoms with Crippen molar-refractivity contribution >= 4 is 11.6 Å². The molecule has 0 aliphatic carbocycles. The molecule has 0 unspecified atom stereocenters. The molecule has 3 rings (SSSR count). The fourth-order valence-electron chi connectivity index (χ4n) is 2.74. The van der Waals surface area contributed by atoms with E-state index < -0.39 is 0 Å². The molecule has 0 saturated carbocycles. The quantitative estimate of drug-likeness (QED) is 0.759. The standard InChI is InChI=1S/C21H25N5O/c1-13-14(2)25-26(15(13)3)20-22-11-18(12-23-20)24-19(27)16-7-9-17(10-8-16)21(4,5)6/h7-12H,1-6H3,(H,24,27). The Labute approximate surface area is 159 Å². The number of nitrogens with one attached hydrogen (secondary N) is 1. The fourth-order valence-corrected chi connectivity index (χ4v) is 2.74. The van der Waals surface area contributed by atoms with Gasteiger partial charge in [-0.25, -0.2) is 14.6 Å². The molecule has 0 bridgehead atoms. The van der Waals surface area contributed by atoms with E-state index in [4.69, 9.17) is 0 Å². The monoisotopic (exact) mass is 363 g/mol. The van der Waals surface area contributed by atoms with Crippen molar-refractivity contribution in [3.8, 4) is 5.95 Å². The van der Waals surface area contributed by atoms with Gasteiger partial charge in [0.15, 0.2) is 0 Å². The maximum atomic E-state index is 12.4. The molecule has 0 saturated heterocycles. The summed E-state index contributed by atoms with van der Waals surface area (Å²) in [6.45, 7) is 12.4. The topological polar surface area (TPSA) is 72.7 Å². The highest BCUT2D eigenvalue weighted by atomic mass is 16.1. The van der Waals surface area contributed by atoms with Gasteiger partial charge in [-0.05, 0) is 49.4 Å². The van der Waals surface area contributed by atoms with E-state index in [1.54, 1.807) is 17.1 Å². The van der Waals surface area contributed by atoms with Gasteiger partial charge in [0.05, 0.1) is 23.8 Å². The third-order valence-corrected chi connectivity index (χ3v) is 4.75. The smallest absolute Gasteiger partial charge is 0.255 e. The van der Waals surface area contributed by atoms with Crippen LogP contribution in [0.1, 0.15) is 53.6 Å². The van der Waals surface area contributed by atoms with Gasteiger partial charge in [0.2, 0.25) is 0 Å². The third kappa shape index (κ3) is 3.89. The Hall–Kier alpha value is -3.02. The molecule has 3 aromatic rings. The van der Waals surface area contributed by atoms with Crippen LogP contribution in [0.2, 0.25) is 0 Å². The van der Waals surface area contributed by atoms with Crippen molar-refractivity contribution in [1.29, 1.82) is 0 Å². The molecule has 0 spiro atoms. The first-order chi connectivity index (χ1) is 12.7. The lowest BCUT2D eigenvalue weighted by Crippen LogP contribution is -2.15. The highest BCUT2D eigenvalue weighted by molar-refractivity contribution is 6.04. The van der Waals surface area contributed by atoms with Gasteiger partial charge in [0, 0.05) is 11.3 Å². The minimum absolute atomic E-state index is 0.0556. The van der Waals surface area contributed by atoms with E-state index in [9.17, 15) is 4.79 Å². The van der Waals surface area contributed by atoms with Gasteiger partial charge < -0.3 is 5.32 Å². The molecular weight excluding hydrogens is 338 g/mol. The summed E-state index contributed by atoms with van der Waals surface area (Å²) in [4.78, 5) is 21.1. The molecule has 6 nitrogen and oxygen atoms in total. The Morgan fingerprint density at radius 3 is 2.07 bits per heavy atom. The summed E-state index contributed by atoms with van der Waals surface area (Å²) < 4.78 is 1.71. The van der Waals surface area contributed by atoms with Gasteiger partial charge in [-0.3, -0.25) is 4.79 Å². The second kappa shape index (κ2) is 6.95. The first-order valence-electron chi connectivity index (χ1n) is 8.94. The van der Waals surface area contributed by atoms with Crippen molar-refractivity contribution in [2.24, 2.45) is 0 Å². The fraction of sp³-hybridized carbons (Fsp3) is 0.333. The average Bonchev–Trinajstić information content (AvgIpc) is 2.89. The number of nitrogens with zero attached hydrogens (tertiary/aromatic N) is 4. The molecule has 0 aliphatic rings. The van der Waals surface area contributed by atoms with Crippen molar-refractivity contribution in [1.82, 2.24) is 19.7 Å². The number of anilines is 1. The number of benzene rings is 1. The summed E-state index contributed by atoms with van der Waals surface area (Å²) in [5, 5.41) is 7.28. The zero-order valence-electron chi connectivity index (χ0n) is 16.7. The molecule has 0 aliphatic heterocycles. The SMILES string of the molecule is Cc1nn(-c2ncc(NC(=O)c3ccc(C(C)(C)C)cc3)cn2)c(C)c1C. The molecule has 1 N–H and O–H groups in total. The Kier molecular flexibility index (Phi) is 4.83. The number of aryl methyl sites for hydroxylation is 1. The van der Waals surface area contributed by atoms with Crippen molar-refractivity contribution in [3.05, 3.63) is 64.7 Å². The average molecular weight is 363 g/mol. The van der Waals surface area contributed by atoms with Crippen LogP contribution in [0, 0.1) is 20.8 Å². The second-order valence-corrected chi connectivity index (χ2v) is 7.76. The van der Waals surface area contributed by atoms with Crippen molar-refractivity contribution in [2.45, 2.75) is 47.0 Å². The summed E-state index contributed by atoms with van der Waals surface area (Å²) in [7, 11) is 0. The van der Waals surface area contributed by atoms with Crippen LogP contribution < -0.4 is 5.32 Å². The van der Waals surface area contributed by atoms with Crippen LogP contribution >= 0.6 is 0 Å². The second-order valence-electron chi connectivity index (χ2n) is 7.76. The maximum absolute atomic E-state index is 12.4. The number of amides is 1. The van der Waals surface area contributed by atoms with E-state index >= 15 is 0 Å². The number of hydrogen-bond acceptors (Lipinski definition) is 4. The van der Waals surface area contributed by atoms with E-state index in [-0.39, 0.29) is 11.3 Å². The predicted molar refractivity (Wildman–Crippen MR) is 106 cm³/mol. The number of rotatable bonds is 3. The molecule has 140 valence electrons. The number of carbonyl (C=O) groups excluding carboxylic acids is 1. The summed E-state index contributed by atoms with van der Waals surface area (Å²) in [5.74, 6) is 0.296. The minimum atomic E-state index is -0.186. The van der Waals surface area contributed by atoms with Crippen LogP contribution in [-0.4, -0.2) is 25.7 Å².